The number of likely N-dealkylation sites (N-methyl/N-ethyl adjacent to an activating group) is 1. The standard InChI is InChI=1S/C20H20ClN2S.HI/c1-23-12-4-5-16(23)19(22-10-2-3-11-22)20-17(23)13-18(24-20)14-6-8-15(21)9-7-14;/h4-9,12-13,19H,2-3,10-11H2,1H3;1H/q+1;/p-1. The molecule has 2 aromatic rings. The molecule has 1 aromatic heterocycles. The van der Waals surface area contributed by atoms with Crippen molar-refractivity contribution in [1.29, 1.82) is 0 Å². The molecule has 1 aromatic carbocycles. The summed E-state index contributed by atoms with van der Waals surface area (Å²) in [5.74, 6) is 0. The van der Waals surface area contributed by atoms with Crippen LogP contribution in [0.3, 0.4) is 0 Å². The predicted octanol–water partition coefficient (Wildman–Crippen LogP) is 2.57. The Bertz CT molecular complexity index is 864. The molecule has 4 heterocycles. The lowest BCUT2D eigenvalue weighted by molar-refractivity contribution is -0.00000451. The maximum Gasteiger partial charge on any atom is 0.159 e. The van der Waals surface area contributed by atoms with Gasteiger partial charge in [-0.2, -0.15) is 0 Å². The molecule has 0 aliphatic carbocycles. The summed E-state index contributed by atoms with van der Waals surface area (Å²) in [6.45, 7) is 2.44. The number of fused-ring (bicyclic) bond motifs is 3. The van der Waals surface area contributed by atoms with Crippen molar-refractivity contribution in [3.63, 3.8) is 0 Å². The Balaban J connectivity index is 0.00000157. The zero-order valence-corrected chi connectivity index (χ0v) is 17.8. The van der Waals surface area contributed by atoms with Gasteiger partial charge < -0.3 is 24.0 Å². The molecule has 5 heteroatoms. The fourth-order valence-electron chi connectivity index (χ4n) is 4.32. The summed E-state index contributed by atoms with van der Waals surface area (Å²) in [6, 6.07) is 11.1. The minimum atomic E-state index is 0. The monoisotopic (exact) mass is 482 g/mol. The van der Waals surface area contributed by atoms with E-state index in [1.807, 2.05) is 23.5 Å². The lowest BCUT2D eigenvalue weighted by Gasteiger charge is -2.28. The summed E-state index contributed by atoms with van der Waals surface area (Å²) >= 11 is 8.01. The van der Waals surface area contributed by atoms with Crippen LogP contribution < -0.4 is 28.5 Å². The molecule has 2 atom stereocenters. The number of rotatable bonds is 2. The van der Waals surface area contributed by atoms with Gasteiger partial charge in [0.15, 0.2) is 5.69 Å². The van der Waals surface area contributed by atoms with Crippen molar-refractivity contribution >= 4 is 28.6 Å². The second-order valence-corrected chi connectivity index (χ2v) is 8.54. The molecule has 0 N–H and O–H groups in total. The Morgan fingerprint density at radius 1 is 1.16 bits per heavy atom. The van der Waals surface area contributed by atoms with Gasteiger partial charge in [-0.25, -0.2) is 4.48 Å². The molecule has 25 heavy (non-hydrogen) atoms. The minimum absolute atomic E-state index is 0. The largest absolute Gasteiger partial charge is 1.00 e. The number of benzene rings is 1. The van der Waals surface area contributed by atoms with E-state index in [1.165, 1.54) is 52.6 Å². The molecular weight excluding hydrogens is 463 g/mol. The van der Waals surface area contributed by atoms with Gasteiger partial charge in [0.25, 0.3) is 0 Å². The van der Waals surface area contributed by atoms with E-state index in [0.29, 0.717) is 6.04 Å². The number of quaternary nitrogens is 1. The Kier molecular flexibility index (Phi) is 4.61. The van der Waals surface area contributed by atoms with Crippen LogP contribution in [-0.2, 0) is 0 Å². The van der Waals surface area contributed by atoms with Crippen molar-refractivity contribution in [2.24, 2.45) is 0 Å². The molecule has 2 unspecified atom stereocenters. The highest BCUT2D eigenvalue weighted by molar-refractivity contribution is 7.16. The molecule has 0 saturated carbocycles. The molecule has 1 fully saturated rings. The van der Waals surface area contributed by atoms with Gasteiger partial charge in [-0.1, -0.05) is 23.7 Å². The van der Waals surface area contributed by atoms with E-state index in [1.54, 1.807) is 0 Å². The Labute approximate surface area is 175 Å². The van der Waals surface area contributed by atoms with Gasteiger partial charge in [0.05, 0.1) is 11.9 Å². The fourth-order valence-corrected chi connectivity index (χ4v) is 5.84. The maximum atomic E-state index is 6.06. The van der Waals surface area contributed by atoms with Crippen LogP contribution in [0.2, 0.25) is 5.02 Å². The second kappa shape index (κ2) is 6.50. The lowest BCUT2D eigenvalue weighted by Crippen LogP contribution is -3.00. The van der Waals surface area contributed by atoms with Crippen LogP contribution >= 0.6 is 22.9 Å². The van der Waals surface area contributed by atoms with Gasteiger partial charge in [-0.05, 0) is 49.7 Å². The number of halogens is 2. The fraction of sp³-hybridized carbons (Fsp3) is 0.300. The van der Waals surface area contributed by atoms with Gasteiger partial charge in [-0.3, -0.25) is 4.90 Å². The zero-order chi connectivity index (χ0) is 16.3. The van der Waals surface area contributed by atoms with Crippen molar-refractivity contribution in [3.8, 4) is 10.4 Å². The molecule has 0 bridgehead atoms. The number of likely N-dealkylation sites (tertiary alicyclic amines) is 1. The summed E-state index contributed by atoms with van der Waals surface area (Å²) in [5.41, 5.74) is 4.22. The topological polar surface area (TPSA) is 3.24 Å². The number of hydrogen-bond acceptors (Lipinski definition) is 2. The van der Waals surface area contributed by atoms with E-state index in [0.717, 1.165) is 9.51 Å². The Morgan fingerprint density at radius 3 is 2.60 bits per heavy atom. The summed E-state index contributed by atoms with van der Waals surface area (Å²) in [4.78, 5) is 5.54. The molecule has 130 valence electrons. The third-order valence-corrected chi connectivity index (χ3v) is 7.07. The highest BCUT2D eigenvalue weighted by atomic mass is 127. The molecule has 5 rings (SSSR count). The van der Waals surface area contributed by atoms with Crippen LogP contribution in [-0.4, -0.2) is 25.0 Å². The van der Waals surface area contributed by atoms with E-state index in [9.17, 15) is 0 Å². The molecule has 3 aliphatic heterocycles. The summed E-state index contributed by atoms with van der Waals surface area (Å²) in [5, 5.41) is 0.796. The van der Waals surface area contributed by atoms with Crippen molar-refractivity contribution in [3.05, 3.63) is 64.3 Å². The second-order valence-electron chi connectivity index (χ2n) is 7.02. The Morgan fingerprint density at radius 2 is 1.88 bits per heavy atom. The highest BCUT2D eigenvalue weighted by Gasteiger charge is 2.51. The molecular formula is C20H20ClIN2S. The first-order valence-corrected chi connectivity index (χ1v) is 9.77. The van der Waals surface area contributed by atoms with E-state index in [2.05, 4.69) is 48.5 Å². The average molecular weight is 483 g/mol. The molecule has 1 saturated heterocycles. The van der Waals surface area contributed by atoms with Crippen molar-refractivity contribution < 1.29 is 24.0 Å². The first kappa shape index (κ1) is 17.7. The highest BCUT2D eigenvalue weighted by Crippen LogP contribution is 2.57. The van der Waals surface area contributed by atoms with Crippen molar-refractivity contribution in [2.45, 2.75) is 18.9 Å². The quantitative estimate of drug-likeness (QED) is 0.470. The van der Waals surface area contributed by atoms with Crippen molar-refractivity contribution in [1.82, 2.24) is 9.38 Å². The minimum Gasteiger partial charge on any atom is -1.00 e. The normalized spacial score (nSPS) is 27.1. The lowest BCUT2D eigenvalue weighted by atomic mass is 10.1. The van der Waals surface area contributed by atoms with Crippen LogP contribution in [0.15, 0.2) is 54.4 Å². The molecule has 0 amide bonds. The summed E-state index contributed by atoms with van der Waals surface area (Å²) < 4.78 is 0.848. The number of allylic oxidation sites excluding steroid dienone is 2. The van der Waals surface area contributed by atoms with Gasteiger partial charge in [0.1, 0.15) is 17.9 Å². The molecule has 2 nitrogen and oxygen atoms in total. The van der Waals surface area contributed by atoms with Crippen molar-refractivity contribution in [2.75, 3.05) is 20.1 Å². The van der Waals surface area contributed by atoms with E-state index in [-0.39, 0.29) is 24.0 Å². The maximum absolute atomic E-state index is 6.06. The third-order valence-electron chi connectivity index (χ3n) is 5.59. The van der Waals surface area contributed by atoms with Gasteiger partial charge in [0, 0.05) is 22.0 Å². The SMILES string of the molecule is C[N+]12C=CC=C1C(N1CCCC1)c1sc(-c3ccc(Cl)cc3)cc12.[I-]. The number of hydrogen-bond donors (Lipinski definition) is 0. The van der Waals surface area contributed by atoms with Crippen LogP contribution in [0.4, 0.5) is 5.69 Å². The summed E-state index contributed by atoms with van der Waals surface area (Å²) in [7, 11) is 2.32. The number of nitrogens with zero attached hydrogens (tertiary/aromatic N) is 2. The van der Waals surface area contributed by atoms with Crippen LogP contribution in [0.25, 0.3) is 10.4 Å². The Hall–Kier alpha value is -0.660. The average Bonchev–Trinajstić information content (AvgIpc) is 3.31. The van der Waals surface area contributed by atoms with E-state index >= 15 is 0 Å². The predicted molar refractivity (Wildman–Crippen MR) is 103 cm³/mol. The van der Waals surface area contributed by atoms with Crippen LogP contribution in [0, 0.1) is 0 Å². The first-order chi connectivity index (χ1) is 11.7. The van der Waals surface area contributed by atoms with E-state index < -0.39 is 0 Å². The van der Waals surface area contributed by atoms with E-state index in [4.69, 9.17) is 11.6 Å². The van der Waals surface area contributed by atoms with Gasteiger partial charge >= 0.3 is 0 Å². The third kappa shape index (κ3) is 2.65. The first-order valence-electron chi connectivity index (χ1n) is 8.57. The van der Waals surface area contributed by atoms with Crippen LogP contribution in [0.5, 0.6) is 0 Å². The van der Waals surface area contributed by atoms with Gasteiger partial charge in [-0.15, -0.1) is 11.3 Å². The molecule has 0 radical (unpaired) electrons. The van der Waals surface area contributed by atoms with Crippen LogP contribution in [0.1, 0.15) is 23.8 Å². The summed E-state index contributed by atoms with van der Waals surface area (Å²) in [6.07, 6.45) is 9.53. The number of thiophene rings is 1. The smallest absolute Gasteiger partial charge is 0.159 e. The zero-order valence-electron chi connectivity index (χ0n) is 14.1. The van der Waals surface area contributed by atoms with Gasteiger partial charge in [0.2, 0.25) is 0 Å². The molecule has 0 spiro atoms. The molecule has 3 aliphatic rings.